The zero-order valence-electron chi connectivity index (χ0n) is 13.2. The maximum Gasteiger partial charge on any atom is 1.00 e. The van der Waals surface area contributed by atoms with Crippen molar-refractivity contribution in [3.05, 3.63) is 23.8 Å². The molecule has 5 nitrogen and oxygen atoms in total. The first-order valence-electron chi connectivity index (χ1n) is 7.18. The molecule has 0 heterocycles. The van der Waals surface area contributed by atoms with Crippen LogP contribution in [0.25, 0.3) is 0 Å². The van der Waals surface area contributed by atoms with Crippen LogP contribution in [0.3, 0.4) is 0 Å². The van der Waals surface area contributed by atoms with Crippen LogP contribution in [0.4, 0.5) is 0 Å². The van der Waals surface area contributed by atoms with E-state index in [0.717, 1.165) is 31.4 Å². The molecule has 0 unspecified atom stereocenters. The third kappa shape index (κ3) is 7.24. The SMILES string of the molecule is CCCCCCCCC(=O)c1ccc(S(=O)(=O)[O-])c(O)c1.[Na+]. The molecule has 0 aliphatic heterocycles. The van der Waals surface area contributed by atoms with Crippen LogP contribution in [-0.4, -0.2) is 23.9 Å². The number of hydrogen-bond acceptors (Lipinski definition) is 5. The minimum atomic E-state index is -4.72. The van der Waals surface area contributed by atoms with Gasteiger partial charge in [-0.15, -0.1) is 0 Å². The van der Waals surface area contributed by atoms with Crippen molar-refractivity contribution in [3.8, 4) is 5.75 Å². The Bertz CT molecular complexity index is 584. The van der Waals surface area contributed by atoms with E-state index >= 15 is 0 Å². The standard InChI is InChI=1S/C15H22O5S.Na/c1-2-3-4-5-6-7-8-13(16)12-9-10-15(14(17)11-12)21(18,19)20;/h9-11,17H,2-8H2,1H3,(H,18,19,20);/q;+1/p-1. The predicted molar refractivity (Wildman–Crippen MR) is 78.4 cm³/mol. The summed E-state index contributed by atoms with van der Waals surface area (Å²) >= 11 is 0. The summed E-state index contributed by atoms with van der Waals surface area (Å²) in [5.74, 6) is -0.825. The van der Waals surface area contributed by atoms with Crippen molar-refractivity contribution in [2.75, 3.05) is 0 Å². The molecular formula is C15H21NaO5S. The largest absolute Gasteiger partial charge is 1.00 e. The second-order valence-corrected chi connectivity index (χ2v) is 6.43. The molecule has 0 fully saturated rings. The summed E-state index contributed by atoms with van der Waals surface area (Å²) < 4.78 is 32.5. The first-order chi connectivity index (χ1) is 9.86. The van der Waals surface area contributed by atoms with Gasteiger partial charge in [-0.2, -0.15) is 0 Å². The zero-order valence-corrected chi connectivity index (χ0v) is 16.0. The Labute approximate surface area is 154 Å². The molecule has 0 amide bonds. The Hall–Kier alpha value is -0.400. The van der Waals surface area contributed by atoms with E-state index in [1.165, 1.54) is 25.3 Å². The molecule has 0 saturated heterocycles. The molecule has 22 heavy (non-hydrogen) atoms. The average Bonchev–Trinajstić information content (AvgIpc) is 2.41. The second-order valence-electron chi connectivity index (χ2n) is 5.08. The van der Waals surface area contributed by atoms with Crippen LogP contribution in [-0.2, 0) is 10.1 Å². The van der Waals surface area contributed by atoms with Gasteiger partial charge in [0.2, 0.25) is 0 Å². The third-order valence-corrected chi connectivity index (χ3v) is 4.19. The van der Waals surface area contributed by atoms with Crippen LogP contribution >= 0.6 is 0 Å². The summed E-state index contributed by atoms with van der Waals surface area (Å²) in [7, 11) is -4.72. The molecule has 0 radical (unpaired) electrons. The molecule has 0 aliphatic carbocycles. The average molecular weight is 336 g/mol. The van der Waals surface area contributed by atoms with E-state index in [4.69, 9.17) is 0 Å². The van der Waals surface area contributed by atoms with Crippen LogP contribution in [0.5, 0.6) is 5.75 Å². The van der Waals surface area contributed by atoms with E-state index < -0.39 is 20.8 Å². The van der Waals surface area contributed by atoms with E-state index in [-0.39, 0.29) is 40.9 Å². The Morgan fingerprint density at radius 3 is 2.27 bits per heavy atom. The Morgan fingerprint density at radius 1 is 1.14 bits per heavy atom. The number of benzene rings is 1. The molecule has 1 N–H and O–H groups in total. The number of unbranched alkanes of at least 4 members (excludes halogenated alkanes) is 5. The normalized spacial score (nSPS) is 11.0. The number of Topliss-reactive ketones (excluding diaryl/α,β-unsaturated/α-hetero) is 1. The van der Waals surface area contributed by atoms with E-state index in [2.05, 4.69) is 6.92 Å². The summed E-state index contributed by atoms with van der Waals surface area (Å²) in [4.78, 5) is 11.2. The molecular weight excluding hydrogens is 315 g/mol. The van der Waals surface area contributed by atoms with Crippen LogP contribution in [0.15, 0.2) is 23.1 Å². The fraction of sp³-hybridized carbons (Fsp3) is 0.533. The molecule has 7 heteroatoms. The Morgan fingerprint density at radius 2 is 1.73 bits per heavy atom. The molecule has 1 rings (SSSR count). The molecule has 1 aromatic rings. The fourth-order valence-electron chi connectivity index (χ4n) is 2.11. The summed E-state index contributed by atoms with van der Waals surface area (Å²) in [6.07, 6.45) is 6.74. The maximum atomic E-state index is 11.9. The number of rotatable bonds is 9. The van der Waals surface area contributed by atoms with Crippen molar-refractivity contribution in [2.45, 2.75) is 56.8 Å². The van der Waals surface area contributed by atoms with Crippen molar-refractivity contribution >= 4 is 15.9 Å². The van der Waals surface area contributed by atoms with Crippen molar-refractivity contribution in [1.29, 1.82) is 0 Å². The quantitative estimate of drug-likeness (QED) is 0.302. The van der Waals surface area contributed by atoms with Gasteiger partial charge >= 0.3 is 29.6 Å². The Balaban J connectivity index is 0.00000441. The van der Waals surface area contributed by atoms with Gasteiger partial charge in [0.25, 0.3) is 0 Å². The minimum Gasteiger partial charge on any atom is -0.744 e. The molecule has 1 aromatic carbocycles. The number of carbonyl (C=O) groups excluding carboxylic acids is 1. The van der Waals surface area contributed by atoms with E-state index in [1.54, 1.807) is 0 Å². The monoisotopic (exact) mass is 336 g/mol. The van der Waals surface area contributed by atoms with Gasteiger partial charge in [0.15, 0.2) is 5.78 Å². The summed E-state index contributed by atoms with van der Waals surface area (Å²) in [5, 5.41) is 9.51. The topological polar surface area (TPSA) is 94.5 Å². The van der Waals surface area contributed by atoms with E-state index in [1.807, 2.05) is 0 Å². The van der Waals surface area contributed by atoms with Gasteiger partial charge in [0.05, 0.1) is 4.90 Å². The van der Waals surface area contributed by atoms with Gasteiger partial charge in [-0.25, -0.2) is 8.42 Å². The number of phenols is 1. The van der Waals surface area contributed by atoms with Crippen molar-refractivity contribution in [2.24, 2.45) is 0 Å². The molecule has 0 spiro atoms. The first kappa shape index (κ1) is 21.6. The van der Waals surface area contributed by atoms with Crippen LogP contribution in [0.2, 0.25) is 0 Å². The van der Waals surface area contributed by atoms with Crippen LogP contribution in [0, 0.1) is 0 Å². The summed E-state index contributed by atoms with van der Waals surface area (Å²) in [6.45, 7) is 2.14. The van der Waals surface area contributed by atoms with Gasteiger partial charge in [0.1, 0.15) is 15.9 Å². The number of carbonyl (C=O) groups is 1. The van der Waals surface area contributed by atoms with E-state index in [0.29, 0.717) is 6.42 Å². The van der Waals surface area contributed by atoms with Gasteiger partial charge in [-0.05, 0) is 24.6 Å². The van der Waals surface area contributed by atoms with Gasteiger partial charge in [-0.3, -0.25) is 4.79 Å². The van der Waals surface area contributed by atoms with Crippen molar-refractivity contribution < 1.29 is 52.4 Å². The van der Waals surface area contributed by atoms with Crippen LogP contribution in [0.1, 0.15) is 62.2 Å². The minimum absolute atomic E-state index is 0. The zero-order chi connectivity index (χ0) is 15.9. The smallest absolute Gasteiger partial charge is 0.744 e. The molecule has 118 valence electrons. The van der Waals surface area contributed by atoms with Crippen LogP contribution < -0.4 is 29.6 Å². The van der Waals surface area contributed by atoms with E-state index in [9.17, 15) is 22.9 Å². The molecule has 0 saturated carbocycles. The number of hydrogen-bond donors (Lipinski definition) is 1. The fourth-order valence-corrected chi connectivity index (χ4v) is 2.66. The first-order valence-corrected chi connectivity index (χ1v) is 8.59. The third-order valence-electron chi connectivity index (χ3n) is 3.31. The number of phenolic OH excluding ortho intramolecular Hbond substituents is 1. The van der Waals surface area contributed by atoms with Crippen molar-refractivity contribution in [1.82, 2.24) is 0 Å². The number of aromatic hydroxyl groups is 1. The van der Waals surface area contributed by atoms with Gasteiger partial charge in [0, 0.05) is 12.0 Å². The van der Waals surface area contributed by atoms with Crippen molar-refractivity contribution in [3.63, 3.8) is 0 Å². The molecule has 0 aliphatic rings. The predicted octanol–water partition coefficient (Wildman–Crippen LogP) is 0.234. The maximum absolute atomic E-state index is 11.9. The summed E-state index contributed by atoms with van der Waals surface area (Å²) in [6, 6.07) is 3.29. The van der Waals surface area contributed by atoms with Gasteiger partial charge < -0.3 is 9.66 Å². The molecule has 0 aromatic heterocycles. The summed E-state index contributed by atoms with van der Waals surface area (Å²) in [5.41, 5.74) is 0.230. The number of ketones is 1. The Kier molecular flexibility index (Phi) is 10.2. The molecule has 0 bridgehead atoms. The molecule has 0 atom stereocenters. The van der Waals surface area contributed by atoms with Gasteiger partial charge in [-0.1, -0.05) is 39.0 Å². The second kappa shape index (κ2) is 10.4.